The topological polar surface area (TPSA) is 88.1 Å². The molecule has 34 heavy (non-hydrogen) atoms. The van der Waals surface area contributed by atoms with Crippen LogP contribution in [0.5, 0.6) is 5.75 Å². The minimum atomic E-state index is -1.14. The van der Waals surface area contributed by atoms with Crippen LogP contribution in [0, 0.1) is 0 Å². The van der Waals surface area contributed by atoms with Gasteiger partial charge in [-0.05, 0) is 78.0 Å². The zero-order valence-corrected chi connectivity index (χ0v) is 20.4. The number of halogens is 3. The number of carboxylic acid groups (broad SMARTS) is 1. The van der Waals surface area contributed by atoms with E-state index in [1.807, 2.05) is 12.1 Å². The maximum atomic E-state index is 12.0. The SMILES string of the molecule is O=C(O)/C(=C/c1cc(Cl)ccc1OCc1cccc(Cl)c1)Sc1n[nH]c(-c2ccc(Cl)cc2)n1. The van der Waals surface area contributed by atoms with Crippen LogP contribution in [-0.2, 0) is 11.4 Å². The van der Waals surface area contributed by atoms with Gasteiger partial charge in [-0.15, -0.1) is 5.10 Å². The normalized spacial score (nSPS) is 11.4. The van der Waals surface area contributed by atoms with Crippen molar-refractivity contribution in [2.75, 3.05) is 0 Å². The summed E-state index contributed by atoms with van der Waals surface area (Å²) in [5, 5.41) is 18.6. The number of carbonyl (C=O) groups is 1. The van der Waals surface area contributed by atoms with Gasteiger partial charge >= 0.3 is 5.97 Å². The Morgan fingerprint density at radius 2 is 1.74 bits per heavy atom. The first-order valence-electron chi connectivity index (χ1n) is 9.85. The van der Waals surface area contributed by atoms with Gasteiger partial charge in [0.25, 0.3) is 0 Å². The summed E-state index contributed by atoms with van der Waals surface area (Å²) in [5.41, 5.74) is 2.16. The highest BCUT2D eigenvalue weighted by atomic mass is 35.5. The third kappa shape index (κ3) is 6.33. The maximum Gasteiger partial charge on any atom is 0.342 e. The Balaban J connectivity index is 1.57. The minimum absolute atomic E-state index is 0.00321. The molecule has 4 aromatic rings. The van der Waals surface area contributed by atoms with Crippen LogP contribution in [0.15, 0.2) is 76.8 Å². The number of aromatic amines is 1. The molecular formula is C24H16Cl3N3O3S. The van der Waals surface area contributed by atoms with Crippen molar-refractivity contribution in [3.05, 3.63) is 97.8 Å². The summed E-state index contributed by atoms with van der Waals surface area (Å²) in [6, 6.07) is 19.3. The summed E-state index contributed by atoms with van der Waals surface area (Å²) in [7, 11) is 0. The van der Waals surface area contributed by atoms with Gasteiger partial charge in [0.15, 0.2) is 5.82 Å². The second-order valence-electron chi connectivity index (χ2n) is 6.99. The summed E-state index contributed by atoms with van der Waals surface area (Å²) >= 11 is 19.0. The summed E-state index contributed by atoms with van der Waals surface area (Å²) in [6.07, 6.45) is 1.48. The lowest BCUT2D eigenvalue weighted by Gasteiger charge is -2.11. The molecule has 0 saturated carbocycles. The summed E-state index contributed by atoms with van der Waals surface area (Å²) in [6.45, 7) is 0.254. The van der Waals surface area contributed by atoms with Gasteiger partial charge in [0.1, 0.15) is 17.3 Å². The lowest BCUT2D eigenvalue weighted by atomic mass is 10.2. The zero-order chi connectivity index (χ0) is 24.1. The Bertz CT molecular complexity index is 1360. The quantitative estimate of drug-likeness (QED) is 0.184. The largest absolute Gasteiger partial charge is 0.488 e. The first kappa shape index (κ1) is 24.2. The number of ether oxygens (including phenoxy) is 1. The van der Waals surface area contributed by atoms with Crippen molar-refractivity contribution >= 4 is 58.6 Å². The average Bonchev–Trinajstić information content (AvgIpc) is 3.27. The number of aromatic nitrogens is 3. The van der Waals surface area contributed by atoms with Gasteiger partial charge in [-0.2, -0.15) is 0 Å². The summed E-state index contributed by atoms with van der Waals surface area (Å²) in [4.78, 5) is 16.4. The van der Waals surface area contributed by atoms with E-state index < -0.39 is 5.97 Å². The molecule has 0 unspecified atom stereocenters. The molecule has 0 atom stereocenters. The van der Waals surface area contributed by atoms with Gasteiger partial charge in [0.2, 0.25) is 5.16 Å². The molecule has 0 fully saturated rings. The first-order valence-corrected chi connectivity index (χ1v) is 11.8. The molecule has 10 heteroatoms. The molecule has 0 aliphatic rings. The van der Waals surface area contributed by atoms with Gasteiger partial charge in [0.05, 0.1) is 0 Å². The monoisotopic (exact) mass is 531 g/mol. The van der Waals surface area contributed by atoms with Gasteiger partial charge in [-0.1, -0.05) is 46.9 Å². The Kier molecular flexibility index (Phi) is 7.80. The number of hydrogen-bond acceptors (Lipinski definition) is 5. The Morgan fingerprint density at radius 1 is 1.00 bits per heavy atom. The van der Waals surface area contributed by atoms with E-state index in [0.29, 0.717) is 32.2 Å². The van der Waals surface area contributed by atoms with Gasteiger partial charge in [0, 0.05) is 26.2 Å². The predicted octanol–water partition coefficient (Wildman–Crippen LogP) is 7.23. The highest BCUT2D eigenvalue weighted by Gasteiger charge is 2.16. The van der Waals surface area contributed by atoms with Crippen LogP contribution in [0.4, 0.5) is 0 Å². The fraction of sp³-hybridized carbons (Fsp3) is 0.0417. The molecule has 0 bridgehead atoms. The van der Waals surface area contributed by atoms with E-state index >= 15 is 0 Å². The van der Waals surface area contributed by atoms with Crippen LogP contribution in [-0.4, -0.2) is 26.3 Å². The van der Waals surface area contributed by atoms with Crippen LogP contribution < -0.4 is 4.74 Å². The maximum absolute atomic E-state index is 12.0. The zero-order valence-electron chi connectivity index (χ0n) is 17.3. The molecule has 4 rings (SSSR count). The van der Waals surface area contributed by atoms with Gasteiger partial charge in [-0.25, -0.2) is 9.78 Å². The van der Waals surface area contributed by atoms with Gasteiger partial charge in [-0.3, -0.25) is 5.10 Å². The van der Waals surface area contributed by atoms with Crippen LogP contribution in [0.2, 0.25) is 15.1 Å². The molecule has 172 valence electrons. The first-order chi connectivity index (χ1) is 16.4. The number of benzene rings is 3. The van der Waals surface area contributed by atoms with Crippen molar-refractivity contribution in [3.8, 4) is 17.1 Å². The van der Waals surface area contributed by atoms with Crippen molar-refractivity contribution in [2.24, 2.45) is 0 Å². The fourth-order valence-corrected chi connectivity index (χ4v) is 4.17. The molecule has 3 aromatic carbocycles. The van der Waals surface area contributed by atoms with E-state index in [2.05, 4.69) is 15.2 Å². The number of rotatable bonds is 8. The second kappa shape index (κ2) is 11.0. The number of carboxylic acids is 1. The fourth-order valence-electron chi connectivity index (χ4n) is 2.95. The smallest absolute Gasteiger partial charge is 0.342 e. The van der Waals surface area contributed by atoms with E-state index in [1.165, 1.54) is 6.08 Å². The molecule has 0 saturated heterocycles. The standard InChI is InChI=1S/C24H16Cl3N3O3S/c25-17-6-4-15(5-7-17)22-28-24(30-29-22)34-21(23(31)32)12-16-11-19(27)8-9-20(16)33-13-14-2-1-3-18(26)10-14/h1-12H,13H2,(H,31,32)(H,28,29,30)/b21-12-. The van der Waals surface area contributed by atoms with Gasteiger partial charge < -0.3 is 9.84 Å². The minimum Gasteiger partial charge on any atom is -0.488 e. The molecule has 2 N–H and O–H groups in total. The van der Waals surface area contributed by atoms with E-state index in [-0.39, 0.29) is 16.7 Å². The van der Waals surface area contributed by atoms with Crippen LogP contribution in [0.25, 0.3) is 17.5 Å². The van der Waals surface area contributed by atoms with E-state index in [4.69, 9.17) is 39.5 Å². The second-order valence-corrected chi connectivity index (χ2v) is 9.31. The number of aliphatic carboxylic acids is 1. The Morgan fingerprint density at radius 3 is 2.47 bits per heavy atom. The van der Waals surface area contributed by atoms with Crippen molar-refractivity contribution in [1.29, 1.82) is 0 Å². The lowest BCUT2D eigenvalue weighted by Crippen LogP contribution is -2.00. The van der Waals surface area contributed by atoms with Crippen molar-refractivity contribution in [1.82, 2.24) is 15.2 Å². The number of nitrogens with one attached hydrogen (secondary N) is 1. The summed E-state index contributed by atoms with van der Waals surface area (Å²) < 4.78 is 5.92. The number of thioether (sulfide) groups is 1. The molecule has 1 heterocycles. The van der Waals surface area contributed by atoms with E-state index in [1.54, 1.807) is 54.6 Å². The number of nitrogens with zero attached hydrogens (tertiary/aromatic N) is 2. The lowest BCUT2D eigenvalue weighted by molar-refractivity contribution is -0.131. The molecule has 0 aliphatic carbocycles. The molecule has 0 amide bonds. The molecular weight excluding hydrogens is 517 g/mol. The molecule has 0 spiro atoms. The predicted molar refractivity (Wildman–Crippen MR) is 136 cm³/mol. The molecule has 6 nitrogen and oxygen atoms in total. The number of hydrogen-bond donors (Lipinski definition) is 2. The van der Waals surface area contributed by atoms with Crippen molar-refractivity contribution in [2.45, 2.75) is 11.8 Å². The number of H-pyrrole nitrogens is 1. The molecule has 0 aliphatic heterocycles. The molecule has 0 radical (unpaired) electrons. The summed E-state index contributed by atoms with van der Waals surface area (Å²) in [5.74, 6) is -0.165. The van der Waals surface area contributed by atoms with Crippen LogP contribution in [0.3, 0.4) is 0 Å². The average molecular weight is 533 g/mol. The third-order valence-electron chi connectivity index (χ3n) is 4.54. The van der Waals surface area contributed by atoms with E-state index in [0.717, 1.165) is 22.9 Å². The third-order valence-corrected chi connectivity index (χ3v) is 6.14. The highest BCUT2D eigenvalue weighted by Crippen LogP contribution is 2.32. The highest BCUT2D eigenvalue weighted by molar-refractivity contribution is 8.04. The van der Waals surface area contributed by atoms with Crippen LogP contribution in [0.1, 0.15) is 11.1 Å². The van der Waals surface area contributed by atoms with Crippen LogP contribution >= 0.6 is 46.6 Å². The Labute approximate surface area is 214 Å². The molecule has 1 aromatic heterocycles. The van der Waals surface area contributed by atoms with Crippen molar-refractivity contribution in [3.63, 3.8) is 0 Å². The van der Waals surface area contributed by atoms with Crippen molar-refractivity contribution < 1.29 is 14.6 Å². The Hall–Kier alpha value is -2.97. The van der Waals surface area contributed by atoms with E-state index in [9.17, 15) is 9.90 Å².